The zero-order chi connectivity index (χ0) is 18.7. The quantitative estimate of drug-likeness (QED) is 0.689. The van der Waals surface area contributed by atoms with Gasteiger partial charge in [0.25, 0.3) is 5.91 Å². The van der Waals surface area contributed by atoms with Crippen LogP contribution in [-0.4, -0.2) is 15.7 Å². The third kappa shape index (κ3) is 3.89. The van der Waals surface area contributed by atoms with Crippen LogP contribution < -0.4 is 5.32 Å². The molecule has 0 fully saturated rings. The van der Waals surface area contributed by atoms with Gasteiger partial charge in [-0.05, 0) is 24.6 Å². The summed E-state index contributed by atoms with van der Waals surface area (Å²) in [4.78, 5) is 12.5. The molecule has 26 heavy (non-hydrogen) atoms. The Hall–Kier alpha value is -2.37. The van der Waals surface area contributed by atoms with Crippen LogP contribution in [0.5, 0.6) is 0 Å². The molecule has 0 atom stereocenters. The Morgan fingerprint density at radius 3 is 2.46 bits per heavy atom. The van der Waals surface area contributed by atoms with E-state index >= 15 is 0 Å². The van der Waals surface area contributed by atoms with E-state index in [2.05, 4.69) is 10.4 Å². The van der Waals surface area contributed by atoms with E-state index in [9.17, 15) is 9.18 Å². The van der Waals surface area contributed by atoms with Gasteiger partial charge >= 0.3 is 0 Å². The number of carbonyl (C=O) groups excluding carboxylic acids is 1. The second-order valence-corrected chi connectivity index (χ2v) is 6.54. The molecule has 0 aliphatic carbocycles. The van der Waals surface area contributed by atoms with Gasteiger partial charge in [-0.2, -0.15) is 5.10 Å². The summed E-state index contributed by atoms with van der Waals surface area (Å²) in [6, 6.07) is 13.6. The fourth-order valence-electron chi connectivity index (χ4n) is 2.61. The number of benzene rings is 2. The van der Waals surface area contributed by atoms with Crippen molar-refractivity contribution >= 4 is 29.1 Å². The Morgan fingerprint density at radius 2 is 1.77 bits per heavy atom. The molecular weight excluding hydrogens is 376 g/mol. The minimum absolute atomic E-state index is 0.0664. The molecule has 1 amide bonds. The van der Waals surface area contributed by atoms with E-state index in [0.29, 0.717) is 22.8 Å². The van der Waals surface area contributed by atoms with Crippen LogP contribution in [0.3, 0.4) is 0 Å². The molecule has 3 rings (SSSR count). The van der Waals surface area contributed by atoms with Crippen LogP contribution in [0.15, 0.2) is 48.5 Å². The van der Waals surface area contributed by atoms with Gasteiger partial charge < -0.3 is 5.32 Å². The van der Waals surface area contributed by atoms with E-state index in [-0.39, 0.29) is 23.1 Å². The molecule has 0 aliphatic heterocycles. The fourth-order valence-corrected chi connectivity index (χ4v) is 3.13. The van der Waals surface area contributed by atoms with Crippen LogP contribution in [0, 0.1) is 12.7 Å². The second kappa shape index (κ2) is 7.89. The van der Waals surface area contributed by atoms with Crippen molar-refractivity contribution in [3.63, 3.8) is 0 Å². The number of aryl methyl sites for hydroxylation is 1. The molecule has 0 bridgehead atoms. The lowest BCUT2D eigenvalue weighted by molar-refractivity contribution is 0.0950. The van der Waals surface area contributed by atoms with Gasteiger partial charge in [-0.1, -0.05) is 59.6 Å². The number of halogens is 3. The topological polar surface area (TPSA) is 46.9 Å². The molecule has 1 aromatic heterocycles. The summed E-state index contributed by atoms with van der Waals surface area (Å²) in [5.41, 5.74) is 2.01. The third-order valence-corrected chi connectivity index (χ3v) is 4.72. The highest BCUT2D eigenvalue weighted by Gasteiger charge is 2.21. The molecule has 0 spiro atoms. The van der Waals surface area contributed by atoms with Crippen molar-refractivity contribution in [2.45, 2.75) is 20.0 Å². The fraction of sp³-hybridized carbons (Fsp3) is 0.158. The summed E-state index contributed by atoms with van der Waals surface area (Å²) >= 11 is 12.5. The number of hydrogen-bond acceptors (Lipinski definition) is 2. The number of aromatic nitrogens is 2. The Balaban J connectivity index is 1.78. The van der Waals surface area contributed by atoms with Crippen molar-refractivity contribution in [2.24, 2.45) is 0 Å². The van der Waals surface area contributed by atoms with Crippen molar-refractivity contribution in [3.8, 4) is 0 Å². The first-order valence-corrected chi connectivity index (χ1v) is 8.71. The van der Waals surface area contributed by atoms with Crippen LogP contribution in [0.4, 0.5) is 4.39 Å². The van der Waals surface area contributed by atoms with Crippen molar-refractivity contribution in [2.75, 3.05) is 0 Å². The minimum Gasteiger partial charge on any atom is -0.348 e. The summed E-state index contributed by atoms with van der Waals surface area (Å²) < 4.78 is 15.2. The lowest BCUT2D eigenvalue weighted by atomic mass is 10.2. The number of rotatable bonds is 5. The highest BCUT2D eigenvalue weighted by Crippen LogP contribution is 2.23. The Labute approximate surface area is 160 Å². The van der Waals surface area contributed by atoms with E-state index in [1.54, 1.807) is 31.2 Å². The van der Waals surface area contributed by atoms with Gasteiger partial charge in [0.05, 0.1) is 17.8 Å². The average molecular weight is 392 g/mol. The van der Waals surface area contributed by atoms with Gasteiger partial charge in [-0.3, -0.25) is 4.79 Å². The van der Waals surface area contributed by atoms with E-state index in [4.69, 9.17) is 23.2 Å². The van der Waals surface area contributed by atoms with Gasteiger partial charge in [0.1, 0.15) is 11.0 Å². The molecule has 0 saturated carbocycles. The van der Waals surface area contributed by atoms with Gasteiger partial charge in [0, 0.05) is 17.1 Å². The van der Waals surface area contributed by atoms with E-state index in [0.717, 1.165) is 5.56 Å². The maximum atomic E-state index is 13.7. The van der Waals surface area contributed by atoms with Crippen molar-refractivity contribution in [3.05, 3.63) is 86.9 Å². The Bertz CT molecular complexity index is 956. The standard InChI is InChI=1S/C19H16Cl2FN3O/c1-12-17(19(26)23-10-13-6-3-5-9-16(13)22)18(21)25(24-12)11-14-7-2-4-8-15(14)20/h2-9H,10-11H2,1H3,(H,23,26). The zero-order valence-corrected chi connectivity index (χ0v) is 15.5. The number of amides is 1. The molecule has 134 valence electrons. The second-order valence-electron chi connectivity index (χ2n) is 5.77. The summed E-state index contributed by atoms with van der Waals surface area (Å²) in [7, 11) is 0. The molecule has 0 unspecified atom stereocenters. The molecule has 1 heterocycles. The first-order valence-electron chi connectivity index (χ1n) is 7.95. The normalized spacial score (nSPS) is 10.8. The van der Waals surface area contributed by atoms with Gasteiger partial charge in [0.15, 0.2) is 0 Å². The Morgan fingerprint density at radius 1 is 1.12 bits per heavy atom. The Kier molecular flexibility index (Phi) is 5.59. The third-order valence-electron chi connectivity index (χ3n) is 3.97. The van der Waals surface area contributed by atoms with Crippen molar-refractivity contribution < 1.29 is 9.18 Å². The number of nitrogens with one attached hydrogen (secondary N) is 1. The maximum Gasteiger partial charge on any atom is 0.256 e. The highest BCUT2D eigenvalue weighted by molar-refractivity contribution is 6.33. The van der Waals surface area contributed by atoms with E-state index < -0.39 is 5.91 Å². The highest BCUT2D eigenvalue weighted by atomic mass is 35.5. The van der Waals surface area contributed by atoms with Gasteiger partial charge in [-0.15, -0.1) is 0 Å². The van der Waals surface area contributed by atoms with Crippen LogP contribution in [0.2, 0.25) is 10.2 Å². The zero-order valence-electron chi connectivity index (χ0n) is 14.0. The maximum absolute atomic E-state index is 13.7. The number of nitrogens with zero attached hydrogens (tertiary/aromatic N) is 2. The van der Waals surface area contributed by atoms with Crippen LogP contribution in [-0.2, 0) is 13.1 Å². The monoisotopic (exact) mass is 391 g/mol. The van der Waals surface area contributed by atoms with Crippen LogP contribution in [0.1, 0.15) is 27.2 Å². The predicted octanol–water partition coefficient (Wildman–Crippen LogP) is 4.62. The SMILES string of the molecule is Cc1nn(Cc2ccccc2Cl)c(Cl)c1C(=O)NCc1ccccc1F. The molecule has 0 saturated heterocycles. The number of carbonyl (C=O) groups is 1. The largest absolute Gasteiger partial charge is 0.348 e. The predicted molar refractivity (Wildman–Crippen MR) is 100 cm³/mol. The molecule has 4 nitrogen and oxygen atoms in total. The molecule has 7 heteroatoms. The van der Waals surface area contributed by atoms with Gasteiger partial charge in [0.2, 0.25) is 0 Å². The van der Waals surface area contributed by atoms with Crippen LogP contribution in [0.25, 0.3) is 0 Å². The summed E-state index contributed by atoms with van der Waals surface area (Å²) in [5, 5.41) is 7.83. The van der Waals surface area contributed by atoms with E-state index in [1.807, 2.05) is 18.2 Å². The summed E-state index contributed by atoms with van der Waals surface area (Å²) in [6.07, 6.45) is 0. The first-order chi connectivity index (χ1) is 12.5. The lowest BCUT2D eigenvalue weighted by Gasteiger charge is -2.07. The summed E-state index contributed by atoms with van der Waals surface area (Å²) in [6.45, 7) is 2.11. The average Bonchev–Trinajstić information content (AvgIpc) is 2.89. The number of hydrogen-bond donors (Lipinski definition) is 1. The van der Waals surface area contributed by atoms with Gasteiger partial charge in [-0.25, -0.2) is 9.07 Å². The molecule has 2 aromatic carbocycles. The van der Waals surface area contributed by atoms with E-state index in [1.165, 1.54) is 10.7 Å². The minimum atomic E-state index is -0.402. The summed E-state index contributed by atoms with van der Waals surface area (Å²) in [5.74, 6) is -0.772. The molecule has 3 aromatic rings. The van der Waals surface area contributed by atoms with Crippen molar-refractivity contribution in [1.82, 2.24) is 15.1 Å². The molecule has 0 radical (unpaired) electrons. The lowest BCUT2D eigenvalue weighted by Crippen LogP contribution is -2.24. The van der Waals surface area contributed by atoms with Crippen molar-refractivity contribution in [1.29, 1.82) is 0 Å². The molecule has 0 aliphatic rings. The van der Waals surface area contributed by atoms with Crippen LogP contribution >= 0.6 is 23.2 Å². The molecule has 1 N–H and O–H groups in total. The first kappa shape index (κ1) is 18.4. The molecular formula is C19H16Cl2FN3O. The smallest absolute Gasteiger partial charge is 0.256 e.